The fraction of sp³-hybridized carbons (Fsp3) is 0.455. The van der Waals surface area contributed by atoms with Crippen molar-refractivity contribution in [1.82, 2.24) is 0 Å². The first kappa shape index (κ1) is 21.7. The van der Waals surface area contributed by atoms with E-state index in [0.29, 0.717) is 5.56 Å². The van der Waals surface area contributed by atoms with Crippen molar-refractivity contribution in [3.05, 3.63) is 52.6 Å². The van der Waals surface area contributed by atoms with E-state index in [1.54, 1.807) is 0 Å². The highest BCUT2D eigenvalue weighted by Gasteiger charge is 2.28. The van der Waals surface area contributed by atoms with Gasteiger partial charge in [0.25, 0.3) is 0 Å². The van der Waals surface area contributed by atoms with Crippen molar-refractivity contribution in [3.8, 4) is 16.9 Å². The summed E-state index contributed by atoms with van der Waals surface area (Å²) >= 11 is 0. The summed E-state index contributed by atoms with van der Waals surface area (Å²) in [5, 5.41) is 0. The third-order valence-electron chi connectivity index (χ3n) is 4.51. The van der Waals surface area contributed by atoms with Crippen LogP contribution in [-0.4, -0.2) is 9.79 Å². The predicted octanol–water partition coefficient (Wildman–Crippen LogP) is 6.04. The molecule has 4 nitrogen and oxygen atoms in total. The molecule has 0 aliphatic carbocycles. The van der Waals surface area contributed by atoms with Crippen LogP contribution < -0.4 is 4.52 Å². The van der Waals surface area contributed by atoms with Crippen molar-refractivity contribution < 1.29 is 18.9 Å². The molecule has 0 aromatic heterocycles. The van der Waals surface area contributed by atoms with Gasteiger partial charge in [-0.3, -0.25) is 9.79 Å². The van der Waals surface area contributed by atoms with Crippen molar-refractivity contribution in [2.75, 3.05) is 0 Å². The second kappa shape index (κ2) is 7.09. The van der Waals surface area contributed by atoms with Gasteiger partial charge in [-0.15, -0.1) is 0 Å². The Hall–Kier alpha value is -1.61. The van der Waals surface area contributed by atoms with Crippen LogP contribution in [0, 0.1) is 13.8 Å². The van der Waals surface area contributed by atoms with Gasteiger partial charge in [-0.1, -0.05) is 71.4 Å². The lowest BCUT2D eigenvalue weighted by Crippen LogP contribution is -2.14. The van der Waals surface area contributed by atoms with Crippen molar-refractivity contribution in [3.63, 3.8) is 0 Å². The lowest BCUT2D eigenvalue weighted by atomic mass is 9.81. The van der Waals surface area contributed by atoms with Gasteiger partial charge in [-0.05, 0) is 47.4 Å². The minimum Gasteiger partial charge on any atom is -0.403 e. The van der Waals surface area contributed by atoms with Crippen LogP contribution in [0.15, 0.2) is 30.3 Å². The second-order valence-corrected chi connectivity index (χ2v) is 10.5. The van der Waals surface area contributed by atoms with Crippen molar-refractivity contribution in [2.45, 2.75) is 66.2 Å². The molecule has 0 saturated heterocycles. The van der Waals surface area contributed by atoms with Gasteiger partial charge in [0, 0.05) is 11.1 Å². The molecule has 0 spiro atoms. The molecule has 0 atom stereocenters. The molecule has 0 fully saturated rings. The van der Waals surface area contributed by atoms with E-state index in [9.17, 15) is 14.4 Å². The van der Waals surface area contributed by atoms with Gasteiger partial charge in [0.15, 0.2) is 0 Å². The fourth-order valence-electron chi connectivity index (χ4n) is 3.13. The molecule has 0 aliphatic heterocycles. The molecule has 0 saturated carbocycles. The molecule has 2 aromatic carbocycles. The fourth-order valence-corrected chi connectivity index (χ4v) is 3.57. The minimum atomic E-state index is -4.70. The Morgan fingerprint density at radius 1 is 0.815 bits per heavy atom. The van der Waals surface area contributed by atoms with Crippen LogP contribution in [0.25, 0.3) is 11.1 Å². The van der Waals surface area contributed by atoms with E-state index in [4.69, 9.17) is 4.52 Å². The zero-order valence-electron chi connectivity index (χ0n) is 17.5. The van der Waals surface area contributed by atoms with Gasteiger partial charge < -0.3 is 4.52 Å². The first-order chi connectivity index (χ1) is 12.1. The standard InChI is InChI=1S/C22H31O4P/c1-14-9-16(13-17(10-14)21(3,4)5)18-11-15(2)12-19(22(6,7)8)20(18)26-27(23,24)25/h9-13H,1-8H3,(H2,23,24,25). The number of hydrogen-bond donors (Lipinski definition) is 2. The Morgan fingerprint density at radius 3 is 1.85 bits per heavy atom. The van der Waals surface area contributed by atoms with Crippen molar-refractivity contribution in [2.24, 2.45) is 0 Å². The second-order valence-electron chi connectivity index (χ2n) is 9.36. The van der Waals surface area contributed by atoms with Crippen LogP contribution in [0.4, 0.5) is 0 Å². The van der Waals surface area contributed by atoms with E-state index in [1.807, 2.05) is 52.8 Å². The molecule has 148 valence electrons. The topological polar surface area (TPSA) is 66.8 Å². The molecule has 0 bridgehead atoms. The molecule has 0 unspecified atom stereocenters. The quantitative estimate of drug-likeness (QED) is 0.627. The van der Waals surface area contributed by atoms with Gasteiger partial charge in [-0.2, -0.15) is 0 Å². The summed E-state index contributed by atoms with van der Waals surface area (Å²) in [4.78, 5) is 19.1. The lowest BCUT2D eigenvalue weighted by Gasteiger charge is -2.27. The Morgan fingerprint density at radius 2 is 1.37 bits per heavy atom. The molecule has 2 aromatic rings. The van der Waals surface area contributed by atoms with E-state index >= 15 is 0 Å². The third kappa shape index (κ3) is 5.44. The molecule has 2 N–H and O–H groups in total. The molecule has 0 heterocycles. The summed E-state index contributed by atoms with van der Waals surface area (Å²) in [5.41, 5.74) is 5.29. The summed E-state index contributed by atoms with van der Waals surface area (Å²) in [5.74, 6) is 0.256. The van der Waals surface area contributed by atoms with Gasteiger partial charge in [-0.25, -0.2) is 4.57 Å². The maximum atomic E-state index is 11.7. The zero-order valence-corrected chi connectivity index (χ0v) is 18.4. The highest BCUT2D eigenvalue weighted by molar-refractivity contribution is 7.46. The molecule has 2 rings (SSSR count). The molecule has 27 heavy (non-hydrogen) atoms. The van der Waals surface area contributed by atoms with Crippen molar-refractivity contribution in [1.29, 1.82) is 0 Å². The summed E-state index contributed by atoms with van der Waals surface area (Å²) in [6.07, 6.45) is 0. The normalized spacial score (nSPS) is 13.0. The van der Waals surface area contributed by atoms with Crippen LogP contribution in [0.1, 0.15) is 63.8 Å². The van der Waals surface area contributed by atoms with Crippen LogP contribution in [0.3, 0.4) is 0 Å². The monoisotopic (exact) mass is 390 g/mol. The average molecular weight is 390 g/mol. The summed E-state index contributed by atoms with van der Waals surface area (Å²) < 4.78 is 16.9. The Balaban J connectivity index is 2.86. The van der Waals surface area contributed by atoms with E-state index < -0.39 is 7.82 Å². The summed E-state index contributed by atoms with van der Waals surface area (Å²) in [6, 6.07) is 10.1. The van der Waals surface area contributed by atoms with E-state index in [2.05, 4.69) is 32.9 Å². The number of benzene rings is 2. The van der Waals surface area contributed by atoms with Gasteiger partial charge >= 0.3 is 7.82 Å². The van der Waals surface area contributed by atoms with Crippen LogP contribution in [0.2, 0.25) is 0 Å². The average Bonchev–Trinajstić information content (AvgIpc) is 2.44. The minimum absolute atomic E-state index is 0.0400. The van der Waals surface area contributed by atoms with E-state index in [0.717, 1.165) is 22.3 Å². The smallest absolute Gasteiger partial charge is 0.403 e. The Bertz CT molecular complexity index is 896. The van der Waals surface area contributed by atoms with Crippen molar-refractivity contribution >= 4 is 7.82 Å². The number of phosphoric acid groups is 1. The van der Waals surface area contributed by atoms with Gasteiger partial charge in [0.05, 0.1) is 0 Å². The Kier molecular flexibility index (Phi) is 5.69. The first-order valence-electron chi connectivity index (χ1n) is 9.11. The van der Waals surface area contributed by atoms with Crippen LogP contribution in [0.5, 0.6) is 5.75 Å². The number of aryl methyl sites for hydroxylation is 2. The molecule has 5 heteroatoms. The molecular weight excluding hydrogens is 359 g/mol. The molecule has 0 amide bonds. The highest BCUT2D eigenvalue weighted by Crippen LogP contribution is 2.48. The van der Waals surface area contributed by atoms with E-state index in [-0.39, 0.29) is 16.6 Å². The summed E-state index contributed by atoms with van der Waals surface area (Å²) in [7, 11) is -4.70. The van der Waals surface area contributed by atoms with Gasteiger partial charge in [0.2, 0.25) is 0 Å². The molecular formula is C22H31O4P. The maximum absolute atomic E-state index is 11.7. The highest BCUT2D eigenvalue weighted by atomic mass is 31.2. The first-order valence-corrected chi connectivity index (χ1v) is 10.6. The number of phosphoric ester groups is 1. The predicted molar refractivity (Wildman–Crippen MR) is 111 cm³/mol. The maximum Gasteiger partial charge on any atom is 0.524 e. The zero-order chi connectivity index (χ0) is 20.8. The van der Waals surface area contributed by atoms with Gasteiger partial charge in [0.1, 0.15) is 5.75 Å². The molecule has 0 aliphatic rings. The van der Waals surface area contributed by atoms with Crippen LogP contribution >= 0.6 is 7.82 Å². The SMILES string of the molecule is Cc1cc(-c2cc(C)cc(C(C)(C)C)c2OP(=O)(O)O)cc(C(C)(C)C)c1. The third-order valence-corrected chi connectivity index (χ3v) is 4.93. The molecule has 0 radical (unpaired) electrons. The number of hydrogen-bond acceptors (Lipinski definition) is 2. The number of rotatable bonds is 3. The van der Waals surface area contributed by atoms with E-state index in [1.165, 1.54) is 5.56 Å². The lowest BCUT2D eigenvalue weighted by molar-refractivity contribution is 0.281. The largest absolute Gasteiger partial charge is 0.524 e. The van der Waals surface area contributed by atoms with Crippen LogP contribution in [-0.2, 0) is 15.4 Å². The summed E-state index contributed by atoms with van der Waals surface area (Å²) in [6.45, 7) is 16.5. The Labute approximate surface area is 162 Å².